The van der Waals surface area contributed by atoms with Crippen LogP contribution < -0.4 is 0 Å². The summed E-state index contributed by atoms with van der Waals surface area (Å²) in [5.41, 5.74) is 7.46. The van der Waals surface area contributed by atoms with Crippen LogP contribution in [-0.2, 0) is 14.3 Å². The molecule has 0 rings (SSSR count). The molecule has 0 aromatic rings. The molecule has 9 nitrogen and oxygen atoms in total. The summed E-state index contributed by atoms with van der Waals surface area (Å²) in [6.07, 6.45) is 2.51. The van der Waals surface area contributed by atoms with Crippen molar-refractivity contribution in [2.45, 2.75) is 52.1 Å². The molecule has 138 valence electrons. The van der Waals surface area contributed by atoms with Crippen LogP contribution in [0.25, 0.3) is 10.4 Å². The minimum Gasteiger partial charge on any atom is -0.480 e. The predicted octanol–water partition coefficient (Wildman–Crippen LogP) is 3.20. The van der Waals surface area contributed by atoms with Crippen LogP contribution in [0.3, 0.4) is 0 Å². The van der Waals surface area contributed by atoms with Gasteiger partial charge >= 0.3 is 12.1 Å². The zero-order chi connectivity index (χ0) is 18.4. The monoisotopic (exact) mass is 344 g/mol. The first-order valence-corrected chi connectivity index (χ1v) is 8.04. The second-order valence-corrected chi connectivity index (χ2v) is 6.28. The van der Waals surface area contributed by atoms with Gasteiger partial charge in [0.2, 0.25) is 0 Å². The number of rotatable bonds is 12. The van der Waals surface area contributed by atoms with Gasteiger partial charge in [0, 0.05) is 31.2 Å². The van der Waals surface area contributed by atoms with Gasteiger partial charge in [-0.3, -0.25) is 9.69 Å². The zero-order valence-corrected chi connectivity index (χ0v) is 14.7. The van der Waals surface area contributed by atoms with Gasteiger partial charge in [0.25, 0.3) is 0 Å². The van der Waals surface area contributed by atoms with Crippen molar-refractivity contribution in [2.75, 3.05) is 32.8 Å². The largest absolute Gasteiger partial charge is 0.480 e. The Kier molecular flexibility index (Phi) is 11.4. The van der Waals surface area contributed by atoms with E-state index in [0.717, 1.165) is 24.2 Å². The summed E-state index contributed by atoms with van der Waals surface area (Å²) in [5, 5.41) is 12.3. The van der Waals surface area contributed by atoms with Crippen molar-refractivity contribution < 1.29 is 24.2 Å². The van der Waals surface area contributed by atoms with Crippen molar-refractivity contribution in [1.29, 1.82) is 0 Å². The smallest absolute Gasteiger partial charge is 0.410 e. The van der Waals surface area contributed by atoms with Gasteiger partial charge in [-0.15, -0.1) is 0 Å². The number of hydrogen-bond acceptors (Lipinski definition) is 5. The molecule has 1 N–H and O–H groups in total. The molecule has 0 bridgehead atoms. The lowest BCUT2D eigenvalue weighted by molar-refractivity contribution is -0.138. The van der Waals surface area contributed by atoms with Gasteiger partial charge in [-0.05, 0) is 45.6 Å². The van der Waals surface area contributed by atoms with Crippen molar-refractivity contribution in [3.8, 4) is 0 Å². The molecule has 0 radical (unpaired) electrons. The lowest BCUT2D eigenvalue weighted by Gasteiger charge is -2.26. The molecule has 0 aliphatic heterocycles. The lowest BCUT2D eigenvalue weighted by atomic mass is 10.2. The van der Waals surface area contributed by atoms with Gasteiger partial charge in [0.1, 0.15) is 12.1 Å². The molecule has 0 unspecified atom stereocenters. The summed E-state index contributed by atoms with van der Waals surface area (Å²) in [6, 6.07) is 0. The molecule has 0 aliphatic carbocycles. The second kappa shape index (κ2) is 12.4. The SMILES string of the molecule is CC(C)(C)OC(=O)N(CCCOCCCCCN=[N+]=[N-])CC(=O)O. The van der Waals surface area contributed by atoms with E-state index in [0.29, 0.717) is 26.2 Å². The summed E-state index contributed by atoms with van der Waals surface area (Å²) in [4.78, 5) is 26.6. The third-order valence-corrected chi connectivity index (χ3v) is 2.80. The second-order valence-electron chi connectivity index (χ2n) is 6.28. The van der Waals surface area contributed by atoms with Gasteiger partial charge < -0.3 is 14.6 Å². The van der Waals surface area contributed by atoms with E-state index < -0.39 is 24.2 Å². The third-order valence-electron chi connectivity index (χ3n) is 2.80. The highest BCUT2D eigenvalue weighted by Crippen LogP contribution is 2.10. The Morgan fingerprint density at radius 1 is 1.17 bits per heavy atom. The highest BCUT2D eigenvalue weighted by molar-refractivity contribution is 5.76. The summed E-state index contributed by atoms with van der Waals surface area (Å²) in [5.74, 6) is -1.08. The van der Waals surface area contributed by atoms with Gasteiger partial charge in [-0.2, -0.15) is 0 Å². The highest BCUT2D eigenvalue weighted by atomic mass is 16.6. The van der Waals surface area contributed by atoms with E-state index in [9.17, 15) is 9.59 Å². The van der Waals surface area contributed by atoms with E-state index in [-0.39, 0.29) is 6.54 Å². The van der Waals surface area contributed by atoms with Crippen molar-refractivity contribution in [1.82, 2.24) is 4.90 Å². The van der Waals surface area contributed by atoms with Gasteiger partial charge in [-0.25, -0.2) is 4.79 Å². The number of unbranched alkanes of at least 4 members (excludes halogenated alkanes) is 2. The van der Waals surface area contributed by atoms with Crippen LogP contribution in [0.1, 0.15) is 46.5 Å². The van der Waals surface area contributed by atoms with Crippen molar-refractivity contribution in [3.05, 3.63) is 10.4 Å². The van der Waals surface area contributed by atoms with E-state index >= 15 is 0 Å². The number of carboxylic acids is 1. The first-order valence-electron chi connectivity index (χ1n) is 8.04. The average molecular weight is 344 g/mol. The zero-order valence-electron chi connectivity index (χ0n) is 14.7. The normalized spacial score (nSPS) is 10.8. The Balaban J connectivity index is 3.92. The molecule has 0 aliphatic rings. The Morgan fingerprint density at radius 3 is 2.42 bits per heavy atom. The minimum absolute atomic E-state index is 0.262. The summed E-state index contributed by atoms with van der Waals surface area (Å²) in [6.45, 7) is 6.58. The number of aliphatic carboxylic acids is 1. The molecule has 0 saturated carbocycles. The maximum Gasteiger partial charge on any atom is 0.410 e. The lowest BCUT2D eigenvalue weighted by Crippen LogP contribution is -2.40. The molecule has 0 fully saturated rings. The Morgan fingerprint density at radius 2 is 1.83 bits per heavy atom. The molecule has 0 aromatic heterocycles. The van der Waals surface area contributed by atoms with Gasteiger partial charge in [0.15, 0.2) is 0 Å². The molecule has 24 heavy (non-hydrogen) atoms. The van der Waals surface area contributed by atoms with Crippen molar-refractivity contribution in [2.24, 2.45) is 5.11 Å². The fourth-order valence-corrected chi connectivity index (χ4v) is 1.79. The molecular formula is C15H28N4O5. The van der Waals surface area contributed by atoms with Gasteiger partial charge in [0.05, 0.1) is 0 Å². The van der Waals surface area contributed by atoms with Crippen LogP contribution in [0, 0.1) is 0 Å². The molecule has 0 heterocycles. The average Bonchev–Trinajstić information content (AvgIpc) is 2.45. The predicted molar refractivity (Wildman–Crippen MR) is 88.7 cm³/mol. The van der Waals surface area contributed by atoms with E-state index in [1.54, 1.807) is 20.8 Å². The van der Waals surface area contributed by atoms with E-state index in [1.807, 2.05) is 0 Å². The maximum absolute atomic E-state index is 12.0. The standard InChI is InChI=1S/C15H28N4O5/c1-15(2,3)24-14(22)19(12-13(20)21)9-7-11-23-10-6-4-5-8-17-18-16/h4-12H2,1-3H3,(H,20,21). The first-order chi connectivity index (χ1) is 11.3. The molecule has 0 aromatic carbocycles. The summed E-state index contributed by atoms with van der Waals surface area (Å²) in [7, 11) is 0. The fraction of sp³-hybridized carbons (Fsp3) is 0.867. The van der Waals surface area contributed by atoms with Crippen molar-refractivity contribution >= 4 is 12.1 Å². The minimum atomic E-state index is -1.08. The van der Waals surface area contributed by atoms with Crippen molar-refractivity contribution in [3.63, 3.8) is 0 Å². The number of hydrogen-bond donors (Lipinski definition) is 1. The number of carbonyl (C=O) groups is 2. The van der Waals surface area contributed by atoms with Crippen LogP contribution in [0.4, 0.5) is 4.79 Å². The van der Waals surface area contributed by atoms with E-state index in [4.69, 9.17) is 20.1 Å². The van der Waals surface area contributed by atoms with Crippen LogP contribution in [-0.4, -0.2) is 60.5 Å². The quantitative estimate of drug-likeness (QED) is 0.252. The van der Waals surface area contributed by atoms with Crippen LogP contribution in [0.5, 0.6) is 0 Å². The Bertz CT molecular complexity index is 430. The number of amides is 1. The van der Waals surface area contributed by atoms with Gasteiger partial charge in [-0.1, -0.05) is 11.5 Å². The molecule has 1 amide bonds. The van der Waals surface area contributed by atoms with Crippen LogP contribution in [0.2, 0.25) is 0 Å². The Labute approximate surface area is 142 Å². The first kappa shape index (κ1) is 22.0. The number of azide groups is 1. The van der Waals surface area contributed by atoms with E-state index in [1.165, 1.54) is 0 Å². The number of carboxylic acid groups (broad SMARTS) is 1. The number of ether oxygens (including phenoxy) is 2. The third kappa shape index (κ3) is 13.7. The highest BCUT2D eigenvalue weighted by Gasteiger charge is 2.23. The maximum atomic E-state index is 12.0. The topological polar surface area (TPSA) is 125 Å². The summed E-state index contributed by atoms with van der Waals surface area (Å²) >= 11 is 0. The Hall–Kier alpha value is -1.99. The van der Waals surface area contributed by atoms with Crippen LogP contribution >= 0.6 is 0 Å². The molecule has 0 atom stereocenters. The van der Waals surface area contributed by atoms with Crippen LogP contribution in [0.15, 0.2) is 5.11 Å². The molecular weight excluding hydrogens is 316 g/mol. The van der Waals surface area contributed by atoms with E-state index in [2.05, 4.69) is 10.0 Å². The number of nitrogens with zero attached hydrogens (tertiary/aromatic N) is 4. The summed E-state index contributed by atoms with van der Waals surface area (Å²) < 4.78 is 10.6. The number of carbonyl (C=O) groups excluding carboxylic acids is 1. The molecule has 0 saturated heterocycles. The fourth-order valence-electron chi connectivity index (χ4n) is 1.79. The molecule has 9 heteroatoms. The molecule has 0 spiro atoms.